The molecule has 1 fully saturated rings. The normalized spacial score (nSPS) is 25.7. The highest BCUT2D eigenvalue weighted by Gasteiger charge is 2.41. The van der Waals surface area contributed by atoms with Crippen LogP contribution in [0.15, 0.2) is 24.3 Å². The van der Waals surface area contributed by atoms with E-state index in [1.165, 1.54) is 17.9 Å². The molecule has 2 aromatic rings. The van der Waals surface area contributed by atoms with Gasteiger partial charge in [0.2, 0.25) is 5.72 Å². The highest BCUT2D eigenvalue weighted by atomic mass is 19.2. The second kappa shape index (κ2) is 6.84. The van der Waals surface area contributed by atoms with Gasteiger partial charge in [-0.15, -0.1) is 0 Å². The first-order valence-electron chi connectivity index (χ1n) is 9.32. The number of aryl methyl sites for hydroxylation is 1. The molecular weight excluding hydrogens is 382 g/mol. The van der Waals surface area contributed by atoms with E-state index in [1.807, 2.05) is 0 Å². The molecule has 4 rings (SSSR count). The number of nitrogens with zero attached hydrogens (tertiary/aromatic N) is 2. The quantitative estimate of drug-likeness (QED) is 0.727. The van der Waals surface area contributed by atoms with Crippen LogP contribution in [-0.2, 0) is 4.79 Å². The number of rotatable bonds is 4. The summed E-state index contributed by atoms with van der Waals surface area (Å²) in [7, 11) is 1.65. The Morgan fingerprint density at radius 2 is 2.03 bits per heavy atom. The number of aliphatic hydroxyl groups is 1. The first kappa shape index (κ1) is 19.4. The highest BCUT2D eigenvalue weighted by molar-refractivity contribution is 6.05. The van der Waals surface area contributed by atoms with Crippen molar-refractivity contribution in [2.24, 2.45) is 0 Å². The minimum Gasteiger partial charge on any atom is -0.490 e. The summed E-state index contributed by atoms with van der Waals surface area (Å²) in [6, 6.07) is 5.38. The number of likely N-dealkylation sites (N-methyl/N-ethyl adjacent to an activating group) is 1. The summed E-state index contributed by atoms with van der Waals surface area (Å²) in [6.45, 7) is 3.22. The van der Waals surface area contributed by atoms with Gasteiger partial charge in [-0.2, -0.15) is 0 Å². The molecule has 9 heteroatoms. The van der Waals surface area contributed by atoms with Gasteiger partial charge in [0, 0.05) is 38.1 Å². The third-order valence-corrected chi connectivity index (χ3v) is 5.50. The molecular formula is C20H22F2N4O3. The third kappa shape index (κ3) is 3.46. The minimum absolute atomic E-state index is 0.0984. The molecule has 1 saturated carbocycles. The number of ether oxygens (including phenoxy) is 1. The molecule has 2 heterocycles. The lowest BCUT2D eigenvalue weighted by atomic mass is 9.89. The van der Waals surface area contributed by atoms with Gasteiger partial charge in [-0.1, -0.05) is 0 Å². The zero-order valence-electron chi connectivity index (χ0n) is 16.3. The summed E-state index contributed by atoms with van der Waals surface area (Å²) in [6.07, 6.45) is 1.26. The highest BCUT2D eigenvalue weighted by Crippen LogP contribution is 2.38. The van der Waals surface area contributed by atoms with E-state index in [4.69, 9.17) is 4.74 Å². The molecule has 1 atom stereocenters. The second-order valence-corrected chi connectivity index (χ2v) is 7.65. The Labute approximate surface area is 166 Å². The van der Waals surface area contributed by atoms with Gasteiger partial charge in [0.1, 0.15) is 17.7 Å². The Bertz CT molecular complexity index is 976. The van der Waals surface area contributed by atoms with Crippen molar-refractivity contribution in [2.75, 3.05) is 22.6 Å². The number of benzene rings is 1. The van der Waals surface area contributed by atoms with Crippen LogP contribution in [0.3, 0.4) is 0 Å². The van der Waals surface area contributed by atoms with E-state index in [1.54, 1.807) is 20.0 Å². The molecule has 1 aromatic heterocycles. The zero-order chi connectivity index (χ0) is 20.9. The van der Waals surface area contributed by atoms with Gasteiger partial charge in [-0.25, -0.2) is 13.8 Å². The van der Waals surface area contributed by atoms with E-state index in [0.717, 1.165) is 12.1 Å². The lowest BCUT2D eigenvalue weighted by Crippen LogP contribution is -2.56. The molecule has 0 unspecified atom stereocenters. The van der Waals surface area contributed by atoms with Crippen LogP contribution in [-0.4, -0.2) is 40.9 Å². The van der Waals surface area contributed by atoms with Gasteiger partial charge in [0.15, 0.2) is 11.6 Å². The van der Waals surface area contributed by atoms with Crippen LogP contribution >= 0.6 is 0 Å². The average molecular weight is 404 g/mol. The number of hydrogen-bond donors (Lipinski definition) is 3. The molecule has 1 aliphatic heterocycles. The number of carbonyl (C=O) groups is 1. The molecule has 3 N–H and O–H groups in total. The van der Waals surface area contributed by atoms with Crippen molar-refractivity contribution >= 4 is 23.1 Å². The molecule has 7 nitrogen and oxygen atoms in total. The molecule has 29 heavy (non-hydrogen) atoms. The number of carbonyl (C=O) groups excluding carboxylic acids is 1. The Balaban J connectivity index is 1.41. The molecule has 1 aromatic carbocycles. The van der Waals surface area contributed by atoms with Crippen molar-refractivity contribution in [3.8, 4) is 5.75 Å². The van der Waals surface area contributed by atoms with E-state index in [2.05, 4.69) is 15.6 Å². The first-order valence-corrected chi connectivity index (χ1v) is 9.32. The Morgan fingerprint density at radius 1 is 1.31 bits per heavy atom. The summed E-state index contributed by atoms with van der Waals surface area (Å²) in [5.41, 5.74) is 0.216. The fourth-order valence-corrected chi connectivity index (χ4v) is 3.50. The standard InChI is InChI=1S/C20H22F2N4O3/c1-10-18-16(26(3)20(2,28)19(27)25-18)9-17(23-10)24-11-6-13(7-11)29-12-4-5-14(21)15(22)8-12/h4-5,8-9,11,13,28H,6-7H2,1-3H3,(H,23,24)(H,25,27)/t11?,13?,20-/m1/s1. The van der Waals surface area contributed by atoms with Gasteiger partial charge in [-0.3, -0.25) is 4.79 Å². The minimum atomic E-state index is -1.65. The molecule has 154 valence electrons. The molecule has 0 bridgehead atoms. The third-order valence-electron chi connectivity index (χ3n) is 5.50. The molecule has 2 aliphatic rings. The van der Waals surface area contributed by atoms with Gasteiger partial charge < -0.3 is 25.4 Å². The fraction of sp³-hybridized carbons (Fsp3) is 0.400. The Morgan fingerprint density at radius 3 is 2.72 bits per heavy atom. The number of fused-ring (bicyclic) bond motifs is 1. The summed E-state index contributed by atoms with van der Waals surface area (Å²) in [5.74, 6) is -1.42. The molecule has 0 saturated heterocycles. The lowest BCUT2D eigenvalue weighted by molar-refractivity contribution is -0.132. The van der Waals surface area contributed by atoms with E-state index in [0.29, 0.717) is 41.5 Å². The zero-order valence-corrected chi connectivity index (χ0v) is 16.3. The van der Waals surface area contributed by atoms with Crippen molar-refractivity contribution in [3.05, 3.63) is 41.6 Å². The number of amides is 1. The van der Waals surface area contributed by atoms with E-state index < -0.39 is 23.3 Å². The van der Waals surface area contributed by atoms with Crippen LogP contribution in [0.1, 0.15) is 25.5 Å². The van der Waals surface area contributed by atoms with Gasteiger partial charge in [0.05, 0.1) is 17.1 Å². The SMILES string of the molecule is Cc1nc(NC2CC(Oc3ccc(F)c(F)c3)C2)cc2c1NC(=O)[C@@](C)(O)N2C. The largest absolute Gasteiger partial charge is 0.490 e. The predicted octanol–water partition coefficient (Wildman–Crippen LogP) is 2.79. The van der Waals surface area contributed by atoms with Crippen LogP contribution in [0, 0.1) is 18.6 Å². The van der Waals surface area contributed by atoms with Crippen LogP contribution in [0.5, 0.6) is 5.75 Å². The Kier molecular flexibility index (Phi) is 4.57. The van der Waals surface area contributed by atoms with E-state index in [-0.39, 0.29) is 12.1 Å². The smallest absolute Gasteiger partial charge is 0.277 e. The Hall–Kier alpha value is -2.94. The number of nitrogens with one attached hydrogen (secondary N) is 2. The summed E-state index contributed by atoms with van der Waals surface area (Å²) in [5, 5.41) is 16.4. The monoisotopic (exact) mass is 404 g/mol. The van der Waals surface area contributed by atoms with Gasteiger partial charge in [0.25, 0.3) is 5.91 Å². The van der Waals surface area contributed by atoms with Crippen LogP contribution in [0.2, 0.25) is 0 Å². The van der Waals surface area contributed by atoms with Crippen LogP contribution in [0.25, 0.3) is 0 Å². The van der Waals surface area contributed by atoms with Crippen molar-refractivity contribution < 1.29 is 23.4 Å². The second-order valence-electron chi connectivity index (χ2n) is 7.65. The molecule has 0 radical (unpaired) electrons. The summed E-state index contributed by atoms with van der Waals surface area (Å²) in [4.78, 5) is 18.1. The molecule has 1 amide bonds. The van der Waals surface area contributed by atoms with Crippen LogP contribution < -0.4 is 20.3 Å². The first-order chi connectivity index (χ1) is 13.6. The summed E-state index contributed by atoms with van der Waals surface area (Å²) >= 11 is 0. The van der Waals surface area contributed by atoms with Gasteiger partial charge >= 0.3 is 0 Å². The number of pyridine rings is 1. The van der Waals surface area contributed by atoms with E-state index >= 15 is 0 Å². The van der Waals surface area contributed by atoms with Crippen molar-refractivity contribution in [3.63, 3.8) is 0 Å². The van der Waals surface area contributed by atoms with Crippen LogP contribution in [0.4, 0.5) is 26.0 Å². The number of hydrogen-bond acceptors (Lipinski definition) is 6. The molecule has 1 aliphatic carbocycles. The summed E-state index contributed by atoms with van der Waals surface area (Å²) < 4.78 is 31.9. The maximum absolute atomic E-state index is 13.3. The van der Waals surface area contributed by atoms with Crippen molar-refractivity contribution in [2.45, 2.75) is 44.6 Å². The maximum Gasteiger partial charge on any atom is 0.277 e. The van der Waals surface area contributed by atoms with Crippen molar-refractivity contribution in [1.82, 2.24) is 4.98 Å². The fourth-order valence-electron chi connectivity index (χ4n) is 3.50. The maximum atomic E-state index is 13.3. The average Bonchev–Trinajstić information content (AvgIpc) is 2.62. The van der Waals surface area contributed by atoms with Crippen molar-refractivity contribution in [1.29, 1.82) is 0 Å². The predicted molar refractivity (Wildman–Crippen MR) is 104 cm³/mol. The number of halogens is 2. The molecule has 0 spiro atoms. The topological polar surface area (TPSA) is 86.7 Å². The lowest BCUT2D eigenvalue weighted by Gasteiger charge is -2.40. The van der Waals surface area contributed by atoms with E-state index in [9.17, 15) is 18.7 Å². The number of aromatic nitrogens is 1. The van der Waals surface area contributed by atoms with Gasteiger partial charge in [-0.05, 0) is 26.0 Å². The number of anilines is 3.